The Morgan fingerprint density at radius 3 is 2.76 bits per heavy atom. The van der Waals surface area contributed by atoms with Crippen molar-refractivity contribution < 1.29 is 9.59 Å². The minimum Gasteiger partial charge on any atom is -0.344 e. The lowest BCUT2D eigenvalue weighted by molar-refractivity contribution is -0.140. The summed E-state index contributed by atoms with van der Waals surface area (Å²) in [6.45, 7) is 1.72. The first-order chi connectivity index (χ1) is 10.1. The van der Waals surface area contributed by atoms with E-state index >= 15 is 0 Å². The average Bonchev–Trinajstić information content (AvgIpc) is 2.68. The molecule has 3 fully saturated rings. The number of carbonyl (C=O) groups is 2. The summed E-state index contributed by atoms with van der Waals surface area (Å²) < 4.78 is 0. The minimum atomic E-state index is -0.0689. The van der Waals surface area contributed by atoms with Crippen LogP contribution in [0.15, 0.2) is 0 Å². The molecule has 3 rings (SSSR count). The summed E-state index contributed by atoms with van der Waals surface area (Å²) in [5, 5.41) is 3.58. The predicted octanol–water partition coefficient (Wildman–Crippen LogP) is 0.988. The van der Waals surface area contributed by atoms with Crippen LogP contribution in [0.5, 0.6) is 0 Å². The highest BCUT2D eigenvalue weighted by Crippen LogP contribution is 2.32. The zero-order valence-electron chi connectivity index (χ0n) is 13.0. The van der Waals surface area contributed by atoms with Crippen LogP contribution in [0.3, 0.4) is 0 Å². The molecule has 2 heterocycles. The fraction of sp³-hybridized carbons (Fsp3) is 0.875. The van der Waals surface area contributed by atoms with Crippen LogP contribution in [0.4, 0.5) is 0 Å². The Labute approximate surface area is 127 Å². The molecule has 0 aromatic carbocycles. The summed E-state index contributed by atoms with van der Waals surface area (Å²) in [6.07, 6.45) is 8.11. The second-order valence-electron chi connectivity index (χ2n) is 6.88. The molecule has 5 heteroatoms. The fourth-order valence-electron chi connectivity index (χ4n) is 4.08. The van der Waals surface area contributed by atoms with Gasteiger partial charge in [-0.15, -0.1) is 0 Å². The Morgan fingerprint density at radius 2 is 1.90 bits per heavy atom. The van der Waals surface area contributed by atoms with Gasteiger partial charge in [-0.05, 0) is 38.0 Å². The van der Waals surface area contributed by atoms with E-state index in [1.807, 2.05) is 7.05 Å². The van der Waals surface area contributed by atoms with Crippen molar-refractivity contribution in [1.82, 2.24) is 15.1 Å². The molecule has 0 radical (unpaired) electrons. The van der Waals surface area contributed by atoms with Crippen LogP contribution in [-0.2, 0) is 9.59 Å². The van der Waals surface area contributed by atoms with E-state index in [1.165, 1.54) is 25.7 Å². The van der Waals surface area contributed by atoms with Crippen molar-refractivity contribution in [1.29, 1.82) is 0 Å². The van der Waals surface area contributed by atoms with Gasteiger partial charge < -0.3 is 15.1 Å². The molecule has 2 saturated heterocycles. The van der Waals surface area contributed by atoms with Gasteiger partial charge in [-0.1, -0.05) is 12.8 Å². The first-order valence-electron chi connectivity index (χ1n) is 8.44. The number of carbonyl (C=O) groups excluding carboxylic acids is 2. The lowest BCUT2D eigenvalue weighted by Gasteiger charge is -2.41. The molecule has 2 aliphatic heterocycles. The molecule has 118 valence electrons. The van der Waals surface area contributed by atoms with Crippen LogP contribution < -0.4 is 5.32 Å². The Kier molecular flexibility index (Phi) is 4.48. The molecule has 21 heavy (non-hydrogen) atoms. The smallest absolute Gasteiger partial charge is 0.241 e. The number of nitrogens with one attached hydrogen (secondary N) is 1. The standard InChI is InChI=1S/C16H27N3O2/c1-18-9-4-10-19(11-15(18)20)16(21)14-8-7-12-5-2-3-6-13(12)17-14/h12-14,17H,2-11H2,1H3. The van der Waals surface area contributed by atoms with E-state index in [1.54, 1.807) is 9.80 Å². The molecule has 0 aromatic heterocycles. The Hall–Kier alpha value is -1.10. The van der Waals surface area contributed by atoms with Gasteiger partial charge in [-0.25, -0.2) is 0 Å². The Morgan fingerprint density at radius 1 is 1.10 bits per heavy atom. The molecule has 1 N–H and O–H groups in total. The summed E-state index contributed by atoms with van der Waals surface area (Å²) in [5.41, 5.74) is 0. The molecule has 0 spiro atoms. The first-order valence-corrected chi connectivity index (χ1v) is 8.44. The second kappa shape index (κ2) is 6.34. The van der Waals surface area contributed by atoms with Crippen molar-refractivity contribution in [2.45, 2.75) is 57.0 Å². The third kappa shape index (κ3) is 3.23. The predicted molar refractivity (Wildman–Crippen MR) is 80.7 cm³/mol. The lowest BCUT2D eigenvalue weighted by atomic mass is 9.77. The van der Waals surface area contributed by atoms with Crippen LogP contribution in [0.25, 0.3) is 0 Å². The number of nitrogens with zero attached hydrogens (tertiary/aromatic N) is 2. The maximum Gasteiger partial charge on any atom is 0.241 e. The van der Waals surface area contributed by atoms with Crippen molar-refractivity contribution in [3.05, 3.63) is 0 Å². The number of hydrogen-bond acceptors (Lipinski definition) is 3. The van der Waals surface area contributed by atoms with E-state index in [0.717, 1.165) is 31.7 Å². The van der Waals surface area contributed by atoms with Crippen LogP contribution in [-0.4, -0.2) is 60.4 Å². The highest BCUT2D eigenvalue weighted by molar-refractivity contribution is 5.88. The summed E-state index contributed by atoms with van der Waals surface area (Å²) >= 11 is 0. The number of rotatable bonds is 1. The molecular weight excluding hydrogens is 266 g/mol. The van der Waals surface area contributed by atoms with E-state index in [-0.39, 0.29) is 24.4 Å². The highest BCUT2D eigenvalue weighted by Gasteiger charge is 2.36. The molecule has 0 aromatic rings. The largest absolute Gasteiger partial charge is 0.344 e. The van der Waals surface area contributed by atoms with Crippen LogP contribution >= 0.6 is 0 Å². The summed E-state index contributed by atoms with van der Waals surface area (Å²) in [7, 11) is 1.82. The molecule has 1 aliphatic carbocycles. The number of hydrogen-bond donors (Lipinski definition) is 1. The molecular formula is C16H27N3O2. The van der Waals surface area contributed by atoms with E-state index in [4.69, 9.17) is 0 Å². The van der Waals surface area contributed by atoms with E-state index in [2.05, 4.69) is 5.32 Å². The van der Waals surface area contributed by atoms with Gasteiger partial charge in [0.1, 0.15) is 0 Å². The zero-order chi connectivity index (χ0) is 14.8. The first kappa shape index (κ1) is 14.8. The van der Waals surface area contributed by atoms with Crippen LogP contribution in [0, 0.1) is 5.92 Å². The quantitative estimate of drug-likeness (QED) is 0.784. The molecule has 3 aliphatic rings. The van der Waals surface area contributed by atoms with E-state index < -0.39 is 0 Å². The third-order valence-electron chi connectivity index (χ3n) is 5.43. The Bertz CT molecular complexity index is 412. The van der Waals surface area contributed by atoms with Gasteiger partial charge in [0.15, 0.2) is 0 Å². The average molecular weight is 293 g/mol. The van der Waals surface area contributed by atoms with E-state index in [9.17, 15) is 9.59 Å². The number of amides is 2. The van der Waals surface area contributed by atoms with Gasteiger partial charge in [0.25, 0.3) is 0 Å². The van der Waals surface area contributed by atoms with Gasteiger partial charge in [0, 0.05) is 26.2 Å². The van der Waals surface area contributed by atoms with Crippen molar-refractivity contribution in [3.63, 3.8) is 0 Å². The van der Waals surface area contributed by atoms with Crippen molar-refractivity contribution in [2.24, 2.45) is 5.92 Å². The number of likely N-dealkylation sites (N-methyl/N-ethyl adjacent to an activating group) is 1. The molecule has 0 bridgehead atoms. The SMILES string of the molecule is CN1CCCN(C(=O)C2CCC3CCCCC3N2)CC1=O. The monoisotopic (exact) mass is 293 g/mol. The maximum absolute atomic E-state index is 12.7. The number of piperidine rings is 1. The minimum absolute atomic E-state index is 0.0622. The fourth-order valence-corrected chi connectivity index (χ4v) is 4.08. The van der Waals surface area contributed by atoms with Gasteiger partial charge in [-0.3, -0.25) is 9.59 Å². The summed E-state index contributed by atoms with van der Waals surface area (Å²) in [5.74, 6) is 0.967. The number of fused-ring (bicyclic) bond motifs is 1. The van der Waals surface area contributed by atoms with Gasteiger partial charge >= 0.3 is 0 Å². The lowest BCUT2D eigenvalue weighted by Crippen LogP contribution is -2.56. The van der Waals surface area contributed by atoms with Crippen molar-refractivity contribution >= 4 is 11.8 Å². The maximum atomic E-state index is 12.7. The van der Waals surface area contributed by atoms with Gasteiger partial charge in [-0.2, -0.15) is 0 Å². The normalized spacial score (nSPS) is 34.3. The molecule has 1 saturated carbocycles. The molecule has 3 atom stereocenters. The van der Waals surface area contributed by atoms with E-state index in [0.29, 0.717) is 12.6 Å². The topological polar surface area (TPSA) is 52.6 Å². The molecule has 3 unspecified atom stereocenters. The van der Waals surface area contributed by atoms with Gasteiger partial charge in [0.05, 0.1) is 12.6 Å². The van der Waals surface area contributed by atoms with Gasteiger partial charge in [0.2, 0.25) is 11.8 Å². The zero-order valence-corrected chi connectivity index (χ0v) is 13.0. The summed E-state index contributed by atoms with van der Waals surface area (Å²) in [6, 6.07) is 0.451. The van der Waals surface area contributed by atoms with Crippen LogP contribution in [0.2, 0.25) is 0 Å². The van der Waals surface area contributed by atoms with Crippen molar-refractivity contribution in [2.75, 3.05) is 26.7 Å². The third-order valence-corrected chi connectivity index (χ3v) is 5.43. The highest BCUT2D eigenvalue weighted by atomic mass is 16.2. The summed E-state index contributed by atoms with van der Waals surface area (Å²) in [4.78, 5) is 28.2. The van der Waals surface area contributed by atoms with Crippen molar-refractivity contribution in [3.8, 4) is 0 Å². The Balaban J connectivity index is 1.61. The second-order valence-corrected chi connectivity index (χ2v) is 6.88. The molecule has 5 nitrogen and oxygen atoms in total. The van der Waals surface area contributed by atoms with Crippen LogP contribution in [0.1, 0.15) is 44.9 Å². The molecule has 2 amide bonds.